The van der Waals surface area contributed by atoms with Gasteiger partial charge in [0.25, 0.3) is 0 Å². The number of hydrogen-bond donors (Lipinski definition) is 2. The molecule has 4 atom stereocenters. The van der Waals surface area contributed by atoms with Gasteiger partial charge in [-0.3, -0.25) is 0 Å². The first kappa shape index (κ1) is 13.1. The van der Waals surface area contributed by atoms with Gasteiger partial charge in [0.05, 0.1) is 11.7 Å². The summed E-state index contributed by atoms with van der Waals surface area (Å²) < 4.78 is 5.36. The summed E-state index contributed by atoms with van der Waals surface area (Å²) in [4.78, 5) is 11.9. The van der Waals surface area contributed by atoms with Crippen LogP contribution in [0, 0.1) is 5.92 Å². The Morgan fingerprint density at radius 1 is 1.33 bits per heavy atom. The van der Waals surface area contributed by atoms with Crippen molar-refractivity contribution in [3.8, 4) is 0 Å². The first-order valence-corrected chi connectivity index (χ1v) is 6.29. The maximum absolute atomic E-state index is 11.9. The van der Waals surface area contributed by atoms with E-state index in [4.69, 9.17) is 10.5 Å². The summed E-state index contributed by atoms with van der Waals surface area (Å²) in [5, 5.41) is 10.0. The van der Waals surface area contributed by atoms with Crippen molar-refractivity contribution in [3.63, 3.8) is 0 Å². The topological polar surface area (TPSA) is 72.5 Å². The molecule has 4 nitrogen and oxygen atoms in total. The molecular formula is C14H19NO3. The quantitative estimate of drug-likeness (QED) is 0.776. The molecule has 0 heterocycles. The fraction of sp³-hybridized carbons (Fsp3) is 0.500. The van der Waals surface area contributed by atoms with Crippen molar-refractivity contribution in [2.45, 2.75) is 38.0 Å². The molecule has 0 unspecified atom stereocenters. The van der Waals surface area contributed by atoms with Crippen LogP contribution < -0.4 is 5.73 Å². The first-order valence-electron chi connectivity index (χ1n) is 6.29. The Morgan fingerprint density at radius 2 is 2.00 bits per heavy atom. The van der Waals surface area contributed by atoms with Crippen LogP contribution in [0.25, 0.3) is 0 Å². The maximum atomic E-state index is 11.9. The molecule has 2 rings (SSSR count). The van der Waals surface area contributed by atoms with Crippen LogP contribution in [0.4, 0.5) is 0 Å². The lowest BCUT2D eigenvalue weighted by Crippen LogP contribution is -2.48. The Kier molecular flexibility index (Phi) is 3.99. The number of aliphatic hydroxyl groups excluding tert-OH is 1. The second-order valence-corrected chi connectivity index (χ2v) is 4.90. The Balaban J connectivity index is 2.00. The van der Waals surface area contributed by atoms with Crippen molar-refractivity contribution < 1.29 is 14.6 Å². The van der Waals surface area contributed by atoms with Crippen LogP contribution in [0.3, 0.4) is 0 Å². The van der Waals surface area contributed by atoms with Gasteiger partial charge < -0.3 is 15.6 Å². The van der Waals surface area contributed by atoms with Gasteiger partial charge in [0.2, 0.25) is 0 Å². The number of rotatable bonds is 2. The summed E-state index contributed by atoms with van der Waals surface area (Å²) in [6.07, 6.45) is 0.254. The average molecular weight is 249 g/mol. The highest BCUT2D eigenvalue weighted by Crippen LogP contribution is 2.26. The number of hydrogen-bond acceptors (Lipinski definition) is 4. The highest BCUT2D eigenvalue weighted by molar-refractivity contribution is 5.89. The molecule has 1 aromatic rings. The summed E-state index contributed by atoms with van der Waals surface area (Å²) in [5.74, 6) is -0.436. The minimum Gasteiger partial charge on any atom is -0.456 e. The fourth-order valence-corrected chi connectivity index (χ4v) is 2.29. The van der Waals surface area contributed by atoms with Gasteiger partial charge >= 0.3 is 5.97 Å². The molecule has 0 amide bonds. The molecule has 18 heavy (non-hydrogen) atoms. The van der Waals surface area contributed by atoms with Gasteiger partial charge in [-0.25, -0.2) is 4.79 Å². The number of ether oxygens (including phenoxy) is 1. The predicted octanol–water partition coefficient (Wildman–Crippen LogP) is 1.33. The molecule has 0 spiro atoms. The lowest BCUT2D eigenvalue weighted by molar-refractivity contribution is -0.0624. The maximum Gasteiger partial charge on any atom is 0.338 e. The monoisotopic (exact) mass is 249 g/mol. The van der Waals surface area contributed by atoms with Crippen LogP contribution in [0.2, 0.25) is 0 Å². The molecule has 0 aromatic heterocycles. The molecule has 1 fully saturated rings. The van der Waals surface area contributed by atoms with E-state index in [9.17, 15) is 9.90 Å². The van der Waals surface area contributed by atoms with Crippen molar-refractivity contribution in [1.82, 2.24) is 0 Å². The van der Waals surface area contributed by atoms with Crippen LogP contribution >= 0.6 is 0 Å². The van der Waals surface area contributed by atoms with Gasteiger partial charge in [-0.05, 0) is 25.0 Å². The van der Waals surface area contributed by atoms with Gasteiger partial charge in [0.15, 0.2) is 0 Å². The molecule has 1 aliphatic carbocycles. The van der Waals surface area contributed by atoms with Crippen molar-refractivity contribution >= 4 is 5.97 Å². The zero-order valence-electron chi connectivity index (χ0n) is 10.5. The van der Waals surface area contributed by atoms with E-state index in [1.54, 1.807) is 24.3 Å². The van der Waals surface area contributed by atoms with Gasteiger partial charge in [-0.2, -0.15) is 0 Å². The van der Waals surface area contributed by atoms with Gasteiger partial charge in [0, 0.05) is 12.0 Å². The van der Waals surface area contributed by atoms with Crippen LogP contribution in [-0.2, 0) is 4.74 Å². The average Bonchev–Trinajstić information content (AvgIpc) is 2.40. The molecule has 98 valence electrons. The first-order chi connectivity index (χ1) is 8.59. The Bertz CT molecular complexity index is 407. The summed E-state index contributed by atoms with van der Waals surface area (Å²) in [5.41, 5.74) is 6.38. The zero-order chi connectivity index (χ0) is 13.1. The third-order valence-corrected chi connectivity index (χ3v) is 3.65. The molecule has 1 aliphatic rings. The van der Waals surface area contributed by atoms with Gasteiger partial charge in [0.1, 0.15) is 6.10 Å². The van der Waals surface area contributed by atoms with E-state index in [0.717, 1.165) is 6.42 Å². The lowest BCUT2D eigenvalue weighted by atomic mass is 9.82. The van der Waals surface area contributed by atoms with Crippen LogP contribution in [-0.4, -0.2) is 29.3 Å². The summed E-state index contributed by atoms with van der Waals surface area (Å²) >= 11 is 0. The summed E-state index contributed by atoms with van der Waals surface area (Å²) in [6.45, 7) is 1.89. The van der Waals surface area contributed by atoms with Crippen LogP contribution in [0.5, 0.6) is 0 Å². The smallest absolute Gasteiger partial charge is 0.338 e. The standard InChI is InChI=1S/C14H19NO3/c1-9-11(15)7-8-12(13(9)16)18-14(17)10-5-3-2-4-6-10/h2-6,9,11-13,16H,7-8,15H2,1H3/t9-,11+,12+,13+/m0/s1. The van der Waals surface area contributed by atoms with Gasteiger partial charge in [-0.15, -0.1) is 0 Å². The molecule has 0 aliphatic heterocycles. The highest BCUT2D eigenvalue weighted by Gasteiger charge is 2.36. The zero-order valence-corrected chi connectivity index (χ0v) is 10.5. The normalized spacial score (nSPS) is 31.9. The van der Waals surface area contributed by atoms with E-state index in [0.29, 0.717) is 12.0 Å². The number of esters is 1. The van der Waals surface area contributed by atoms with E-state index in [1.165, 1.54) is 0 Å². The molecule has 0 radical (unpaired) electrons. The molecule has 3 N–H and O–H groups in total. The predicted molar refractivity (Wildman–Crippen MR) is 68.0 cm³/mol. The number of nitrogens with two attached hydrogens (primary N) is 1. The second kappa shape index (κ2) is 5.50. The Hall–Kier alpha value is -1.39. The largest absolute Gasteiger partial charge is 0.456 e. The number of carbonyl (C=O) groups is 1. The Labute approximate surface area is 107 Å². The van der Waals surface area contributed by atoms with Crippen molar-refractivity contribution in [3.05, 3.63) is 35.9 Å². The number of aliphatic hydroxyl groups is 1. The van der Waals surface area contributed by atoms with E-state index < -0.39 is 12.2 Å². The minimum atomic E-state index is -0.679. The summed E-state index contributed by atoms with van der Waals surface area (Å²) in [6, 6.07) is 8.79. The molecular weight excluding hydrogens is 230 g/mol. The number of benzene rings is 1. The van der Waals surface area contributed by atoms with Crippen molar-refractivity contribution in [1.29, 1.82) is 0 Å². The molecule has 1 aromatic carbocycles. The van der Waals surface area contributed by atoms with Crippen molar-refractivity contribution in [2.24, 2.45) is 11.7 Å². The molecule has 0 bridgehead atoms. The van der Waals surface area contributed by atoms with Crippen molar-refractivity contribution in [2.75, 3.05) is 0 Å². The summed E-state index contributed by atoms with van der Waals surface area (Å²) in [7, 11) is 0. The molecule has 4 heteroatoms. The third-order valence-electron chi connectivity index (χ3n) is 3.65. The SMILES string of the molecule is C[C@@H]1[C@@H](O)[C@H](OC(=O)c2ccccc2)CC[C@H]1N. The highest BCUT2D eigenvalue weighted by atomic mass is 16.6. The minimum absolute atomic E-state index is 0.0216. The third kappa shape index (κ3) is 2.71. The van der Waals surface area contributed by atoms with Crippen LogP contribution in [0.15, 0.2) is 30.3 Å². The fourth-order valence-electron chi connectivity index (χ4n) is 2.29. The van der Waals surface area contributed by atoms with Crippen LogP contribution in [0.1, 0.15) is 30.1 Å². The van der Waals surface area contributed by atoms with Gasteiger partial charge in [-0.1, -0.05) is 25.1 Å². The number of carbonyl (C=O) groups excluding carboxylic acids is 1. The molecule has 1 saturated carbocycles. The van der Waals surface area contributed by atoms with E-state index in [-0.39, 0.29) is 17.9 Å². The molecule has 0 saturated heterocycles. The Morgan fingerprint density at radius 3 is 2.67 bits per heavy atom. The second-order valence-electron chi connectivity index (χ2n) is 4.90. The lowest BCUT2D eigenvalue weighted by Gasteiger charge is -2.36. The van der Waals surface area contributed by atoms with E-state index in [1.807, 2.05) is 13.0 Å². The van der Waals surface area contributed by atoms with E-state index in [2.05, 4.69) is 0 Å². The van der Waals surface area contributed by atoms with E-state index >= 15 is 0 Å².